The van der Waals surface area contributed by atoms with E-state index in [9.17, 15) is 19.7 Å². The van der Waals surface area contributed by atoms with Crippen LogP contribution < -0.4 is 5.56 Å². The Labute approximate surface area is 200 Å². The second-order valence-electron chi connectivity index (χ2n) is 7.93. The van der Waals surface area contributed by atoms with Crippen molar-refractivity contribution in [2.45, 2.75) is 19.9 Å². The molecule has 0 bridgehead atoms. The predicted octanol–water partition coefficient (Wildman–Crippen LogP) is 5.09. The van der Waals surface area contributed by atoms with E-state index >= 15 is 0 Å². The van der Waals surface area contributed by atoms with Crippen molar-refractivity contribution in [1.29, 1.82) is 0 Å². The van der Waals surface area contributed by atoms with Gasteiger partial charge >= 0.3 is 0 Å². The molecule has 1 atom stereocenters. The maximum Gasteiger partial charge on any atom is 0.288 e. The highest BCUT2D eigenvalue weighted by Gasteiger charge is 2.26. The number of hydrogen-bond acceptors (Lipinski definition) is 5. The summed E-state index contributed by atoms with van der Waals surface area (Å²) in [6.45, 7) is 3.65. The number of para-hydroxylation sites is 2. The van der Waals surface area contributed by atoms with Gasteiger partial charge in [0.25, 0.3) is 17.2 Å². The fourth-order valence-corrected chi connectivity index (χ4v) is 4.00. The molecular formula is C25H21ClN4O4. The summed E-state index contributed by atoms with van der Waals surface area (Å²) >= 11 is 5.90. The molecule has 4 aromatic rings. The third kappa shape index (κ3) is 4.04. The van der Waals surface area contributed by atoms with Crippen LogP contribution in [0.2, 0.25) is 5.02 Å². The maximum absolute atomic E-state index is 13.6. The molecule has 1 heterocycles. The summed E-state index contributed by atoms with van der Waals surface area (Å²) in [5, 5.41) is 11.7. The third-order valence-corrected chi connectivity index (χ3v) is 6.14. The van der Waals surface area contributed by atoms with E-state index in [2.05, 4.69) is 0 Å². The van der Waals surface area contributed by atoms with Crippen molar-refractivity contribution in [2.24, 2.45) is 0 Å². The van der Waals surface area contributed by atoms with Crippen molar-refractivity contribution in [1.82, 2.24) is 14.5 Å². The first-order valence-corrected chi connectivity index (χ1v) is 10.9. The maximum atomic E-state index is 13.6. The molecule has 0 N–H and O–H groups in total. The minimum atomic E-state index is -0.640. The van der Waals surface area contributed by atoms with Gasteiger partial charge in [-0.3, -0.25) is 24.3 Å². The van der Waals surface area contributed by atoms with Crippen molar-refractivity contribution in [3.63, 3.8) is 0 Å². The van der Waals surface area contributed by atoms with E-state index in [4.69, 9.17) is 16.6 Å². The summed E-state index contributed by atoms with van der Waals surface area (Å²) in [7, 11) is 1.57. The highest BCUT2D eigenvalue weighted by atomic mass is 35.5. The van der Waals surface area contributed by atoms with Crippen LogP contribution in [-0.4, -0.2) is 32.3 Å². The van der Waals surface area contributed by atoms with Crippen LogP contribution in [-0.2, 0) is 0 Å². The molecule has 0 radical (unpaired) electrons. The first-order chi connectivity index (χ1) is 16.2. The Morgan fingerprint density at radius 1 is 1.12 bits per heavy atom. The van der Waals surface area contributed by atoms with E-state index in [1.807, 2.05) is 31.2 Å². The summed E-state index contributed by atoms with van der Waals surface area (Å²) in [5.74, 6) is -0.0941. The van der Waals surface area contributed by atoms with Gasteiger partial charge in [0.2, 0.25) is 0 Å². The molecule has 0 aliphatic heterocycles. The van der Waals surface area contributed by atoms with Gasteiger partial charge in [0.05, 0.1) is 27.6 Å². The number of aryl methyl sites for hydroxylation is 1. The Morgan fingerprint density at radius 3 is 2.50 bits per heavy atom. The lowest BCUT2D eigenvalue weighted by Gasteiger charge is -2.27. The van der Waals surface area contributed by atoms with Gasteiger partial charge in [-0.25, -0.2) is 4.98 Å². The number of nitro benzene ring substituents is 1. The molecule has 0 aliphatic rings. The Morgan fingerprint density at radius 2 is 1.79 bits per heavy atom. The lowest BCUT2D eigenvalue weighted by molar-refractivity contribution is -0.384. The van der Waals surface area contributed by atoms with E-state index in [-0.39, 0.29) is 21.8 Å². The number of nitrogens with zero attached hydrogens (tertiary/aromatic N) is 4. The number of rotatable bonds is 5. The van der Waals surface area contributed by atoms with Gasteiger partial charge in [-0.05, 0) is 49.7 Å². The van der Waals surface area contributed by atoms with E-state index in [0.717, 1.165) is 11.6 Å². The molecule has 0 spiro atoms. The van der Waals surface area contributed by atoms with Crippen LogP contribution in [0.4, 0.5) is 5.69 Å². The molecular weight excluding hydrogens is 456 g/mol. The van der Waals surface area contributed by atoms with Crippen LogP contribution in [0.5, 0.6) is 0 Å². The van der Waals surface area contributed by atoms with E-state index in [1.165, 1.54) is 21.6 Å². The lowest BCUT2D eigenvalue weighted by Crippen LogP contribution is -2.35. The molecule has 8 nitrogen and oxygen atoms in total. The molecule has 172 valence electrons. The molecule has 1 amide bonds. The fraction of sp³-hybridized carbons (Fsp3) is 0.160. The first-order valence-electron chi connectivity index (χ1n) is 10.5. The van der Waals surface area contributed by atoms with Gasteiger partial charge in [0.1, 0.15) is 10.8 Å². The van der Waals surface area contributed by atoms with E-state index in [0.29, 0.717) is 22.4 Å². The molecule has 3 aromatic carbocycles. The van der Waals surface area contributed by atoms with Crippen LogP contribution in [0.15, 0.2) is 71.5 Å². The zero-order chi connectivity index (χ0) is 24.6. The summed E-state index contributed by atoms with van der Waals surface area (Å²) in [5.41, 5.74) is 1.56. The summed E-state index contributed by atoms with van der Waals surface area (Å²) in [6.07, 6.45) is 0. The molecule has 34 heavy (non-hydrogen) atoms. The zero-order valence-electron chi connectivity index (χ0n) is 18.7. The summed E-state index contributed by atoms with van der Waals surface area (Å²) in [4.78, 5) is 43.6. The molecule has 1 aromatic heterocycles. The Kier molecular flexibility index (Phi) is 6.17. The van der Waals surface area contributed by atoms with E-state index < -0.39 is 16.9 Å². The fourth-order valence-electron chi connectivity index (χ4n) is 3.82. The van der Waals surface area contributed by atoms with E-state index in [1.54, 1.807) is 38.2 Å². The number of amides is 1. The van der Waals surface area contributed by atoms with Gasteiger partial charge in [-0.2, -0.15) is 0 Å². The van der Waals surface area contributed by atoms with Crippen LogP contribution in [0.3, 0.4) is 0 Å². The Balaban J connectivity index is 1.86. The molecule has 0 saturated heterocycles. The number of benzene rings is 3. The van der Waals surface area contributed by atoms with Crippen LogP contribution >= 0.6 is 11.6 Å². The lowest BCUT2D eigenvalue weighted by atomic mass is 10.1. The number of aromatic nitrogens is 2. The number of hydrogen-bond donors (Lipinski definition) is 0. The minimum Gasteiger partial charge on any atom is -0.332 e. The number of carbonyl (C=O) groups is 1. The molecule has 0 aliphatic carbocycles. The minimum absolute atomic E-state index is 0.0539. The average molecular weight is 477 g/mol. The second kappa shape index (κ2) is 9.07. The zero-order valence-corrected chi connectivity index (χ0v) is 19.5. The van der Waals surface area contributed by atoms with Gasteiger partial charge in [0, 0.05) is 18.7 Å². The van der Waals surface area contributed by atoms with Gasteiger partial charge < -0.3 is 4.90 Å². The molecule has 0 saturated carbocycles. The Bertz CT molecular complexity index is 1500. The van der Waals surface area contributed by atoms with Crippen molar-refractivity contribution in [3.8, 4) is 5.69 Å². The number of halogens is 1. The normalized spacial score (nSPS) is 11.9. The molecule has 1 unspecified atom stereocenters. The summed E-state index contributed by atoms with van der Waals surface area (Å²) < 4.78 is 1.52. The number of fused-ring (bicyclic) bond motifs is 1. The highest BCUT2D eigenvalue weighted by Crippen LogP contribution is 2.28. The van der Waals surface area contributed by atoms with Crippen LogP contribution in [0, 0.1) is 17.0 Å². The van der Waals surface area contributed by atoms with Crippen molar-refractivity contribution in [2.75, 3.05) is 7.05 Å². The van der Waals surface area contributed by atoms with Crippen molar-refractivity contribution < 1.29 is 9.72 Å². The van der Waals surface area contributed by atoms with Crippen molar-refractivity contribution in [3.05, 3.63) is 109 Å². The topological polar surface area (TPSA) is 98.3 Å². The number of carbonyl (C=O) groups excluding carboxylic acids is 1. The van der Waals surface area contributed by atoms with Crippen LogP contribution in [0.25, 0.3) is 16.6 Å². The van der Waals surface area contributed by atoms with Crippen LogP contribution in [0.1, 0.15) is 34.7 Å². The van der Waals surface area contributed by atoms with Gasteiger partial charge in [-0.15, -0.1) is 0 Å². The van der Waals surface area contributed by atoms with Crippen molar-refractivity contribution >= 4 is 34.1 Å². The quantitative estimate of drug-likeness (QED) is 0.295. The smallest absolute Gasteiger partial charge is 0.288 e. The molecule has 0 fully saturated rings. The van der Waals surface area contributed by atoms with Gasteiger partial charge in [0.15, 0.2) is 0 Å². The average Bonchev–Trinajstić information content (AvgIpc) is 2.83. The molecule has 9 heteroatoms. The predicted molar refractivity (Wildman–Crippen MR) is 131 cm³/mol. The largest absolute Gasteiger partial charge is 0.332 e. The monoisotopic (exact) mass is 476 g/mol. The third-order valence-electron chi connectivity index (χ3n) is 5.82. The first kappa shape index (κ1) is 23.1. The second-order valence-corrected chi connectivity index (χ2v) is 8.34. The Hall–Kier alpha value is -4.04. The SMILES string of the molecule is Cc1ccccc1-n1c(C(C)N(C)C(=O)c2ccc(Cl)c([N+](=O)[O-])c2)nc2ccccc2c1=O. The summed E-state index contributed by atoms with van der Waals surface area (Å²) in [6, 6.07) is 17.7. The standard InChI is InChI=1S/C25H21ClN4O4/c1-15-8-4-7-11-21(15)29-23(27-20-10-6-5-9-18(20)25(29)32)16(2)28(3)24(31)17-12-13-19(26)22(14-17)30(33)34/h4-14,16H,1-3H3. The van der Waals surface area contributed by atoms with Gasteiger partial charge in [-0.1, -0.05) is 41.9 Å². The highest BCUT2D eigenvalue weighted by molar-refractivity contribution is 6.32. The molecule has 4 rings (SSSR count). The number of nitro groups is 1.